The predicted molar refractivity (Wildman–Crippen MR) is 147 cm³/mol. The van der Waals surface area contributed by atoms with Crippen LogP contribution in [-0.2, 0) is 25.7 Å². The van der Waals surface area contributed by atoms with Crippen LogP contribution in [0.1, 0.15) is 77.7 Å². The summed E-state index contributed by atoms with van der Waals surface area (Å²) >= 11 is 0. The van der Waals surface area contributed by atoms with Gasteiger partial charge < -0.3 is 25.6 Å². The minimum atomic E-state index is -1.02. The van der Waals surface area contributed by atoms with Crippen LogP contribution < -0.4 is 16.0 Å². The lowest BCUT2D eigenvalue weighted by molar-refractivity contribution is -0.141. The van der Waals surface area contributed by atoms with Crippen molar-refractivity contribution in [3.63, 3.8) is 0 Å². The first-order valence-electron chi connectivity index (χ1n) is 14.2. The van der Waals surface area contributed by atoms with E-state index >= 15 is 0 Å². The van der Waals surface area contributed by atoms with E-state index in [1.165, 1.54) is 0 Å². The third kappa shape index (κ3) is 7.40. The fourth-order valence-corrected chi connectivity index (χ4v) is 5.48. The Morgan fingerprint density at radius 2 is 1.85 bits per heavy atom. The third-order valence-electron chi connectivity index (χ3n) is 7.62. The van der Waals surface area contributed by atoms with Gasteiger partial charge in [-0.2, -0.15) is 0 Å². The van der Waals surface area contributed by atoms with E-state index < -0.39 is 29.3 Å². The molecule has 1 aromatic rings. The zero-order valence-corrected chi connectivity index (χ0v) is 23.3. The second kappa shape index (κ2) is 12.2. The molecular weight excluding hydrogens is 496 g/mol. The van der Waals surface area contributed by atoms with Crippen molar-refractivity contribution < 1.29 is 23.9 Å². The van der Waals surface area contributed by atoms with Crippen molar-refractivity contribution in [1.82, 2.24) is 20.9 Å². The quantitative estimate of drug-likeness (QED) is 0.507. The SMILES string of the molecule is CC(C)(C)OC(=O)N[C@H]1CCCCCC=C[C@@H]2C[C@@]2(C(=O)NCc2ccccc2)NC(=O)C2CCCN2C1=O. The molecule has 0 bridgehead atoms. The van der Waals surface area contributed by atoms with Gasteiger partial charge in [-0.05, 0) is 64.9 Å². The molecule has 9 heteroatoms. The van der Waals surface area contributed by atoms with Crippen LogP contribution >= 0.6 is 0 Å². The van der Waals surface area contributed by atoms with Crippen LogP contribution in [-0.4, -0.2) is 58.5 Å². The molecule has 3 N–H and O–H groups in total. The number of fused-ring (bicyclic) bond motifs is 2. The van der Waals surface area contributed by atoms with E-state index in [1.54, 1.807) is 25.7 Å². The summed E-state index contributed by atoms with van der Waals surface area (Å²) < 4.78 is 5.41. The second-order valence-corrected chi connectivity index (χ2v) is 11.9. The standard InChI is InChI=1S/C30H42N4O5/c1-29(2,3)39-28(38)32-23-16-11-6-4-5-10-15-22-19-30(22,27(37)31-20-21-13-8-7-9-14-21)33-25(35)24-17-12-18-34(24)26(23)36/h7-10,13-15,22-24H,4-6,11-12,16-20H2,1-3H3,(H,31,37)(H,32,38)(H,33,35)/t22-,23+,24?,30-/m1/s1. The van der Waals surface area contributed by atoms with Gasteiger partial charge in [0.15, 0.2) is 0 Å². The second-order valence-electron chi connectivity index (χ2n) is 11.9. The molecule has 2 heterocycles. The van der Waals surface area contributed by atoms with Crippen molar-refractivity contribution in [2.75, 3.05) is 6.54 Å². The molecule has 0 radical (unpaired) electrons. The Bertz CT molecular complexity index is 1080. The molecule has 2 aliphatic heterocycles. The molecule has 1 saturated carbocycles. The van der Waals surface area contributed by atoms with E-state index in [4.69, 9.17) is 4.74 Å². The zero-order valence-electron chi connectivity index (χ0n) is 23.3. The van der Waals surface area contributed by atoms with Crippen molar-refractivity contribution in [2.45, 2.75) is 102 Å². The summed E-state index contributed by atoms with van der Waals surface area (Å²) in [6, 6.07) is 8.20. The molecule has 1 saturated heterocycles. The first-order chi connectivity index (χ1) is 18.6. The average molecular weight is 539 g/mol. The number of hydrogen-bond acceptors (Lipinski definition) is 5. The Morgan fingerprint density at radius 1 is 1.08 bits per heavy atom. The molecule has 2 fully saturated rings. The Labute approximate surface area is 231 Å². The van der Waals surface area contributed by atoms with E-state index in [0.717, 1.165) is 31.2 Å². The Balaban J connectivity index is 1.51. The number of benzene rings is 1. The normalized spacial score (nSPS) is 27.8. The lowest BCUT2D eigenvalue weighted by Crippen LogP contribution is -2.57. The predicted octanol–water partition coefficient (Wildman–Crippen LogP) is 3.58. The van der Waals surface area contributed by atoms with Crippen LogP contribution in [0.3, 0.4) is 0 Å². The first-order valence-corrected chi connectivity index (χ1v) is 14.2. The molecule has 1 unspecified atom stereocenters. The zero-order chi connectivity index (χ0) is 28.0. The molecule has 0 spiro atoms. The summed E-state index contributed by atoms with van der Waals surface area (Å²) in [5.41, 5.74) is -0.728. The monoisotopic (exact) mass is 538 g/mol. The van der Waals surface area contributed by atoms with Crippen LogP contribution in [0.4, 0.5) is 4.79 Å². The number of rotatable bonds is 4. The Hall–Kier alpha value is -3.36. The number of hydrogen-bond donors (Lipinski definition) is 3. The van der Waals surface area contributed by atoms with Crippen LogP contribution in [0.5, 0.6) is 0 Å². The Kier molecular flexibility index (Phi) is 8.97. The molecule has 3 aliphatic rings. The lowest BCUT2D eigenvalue weighted by atomic mass is 10.0. The van der Waals surface area contributed by atoms with Crippen LogP contribution in [0, 0.1) is 5.92 Å². The molecule has 1 aliphatic carbocycles. The van der Waals surface area contributed by atoms with Crippen molar-refractivity contribution >= 4 is 23.8 Å². The number of alkyl carbamates (subject to hydrolysis) is 1. The van der Waals surface area contributed by atoms with Crippen molar-refractivity contribution in [2.24, 2.45) is 5.92 Å². The topological polar surface area (TPSA) is 117 Å². The maximum atomic E-state index is 13.7. The van der Waals surface area contributed by atoms with Crippen molar-refractivity contribution in [3.8, 4) is 0 Å². The number of nitrogens with one attached hydrogen (secondary N) is 3. The van der Waals surface area contributed by atoms with Gasteiger partial charge in [-0.15, -0.1) is 0 Å². The Morgan fingerprint density at radius 3 is 2.59 bits per heavy atom. The summed E-state index contributed by atoms with van der Waals surface area (Å²) in [5, 5.41) is 8.80. The largest absolute Gasteiger partial charge is 0.444 e. The van der Waals surface area contributed by atoms with Gasteiger partial charge in [0.25, 0.3) is 0 Å². The van der Waals surface area contributed by atoms with E-state index in [1.807, 2.05) is 36.4 Å². The summed E-state index contributed by atoms with van der Waals surface area (Å²) in [5.74, 6) is -0.896. The molecule has 9 nitrogen and oxygen atoms in total. The van der Waals surface area contributed by atoms with Gasteiger partial charge in [-0.25, -0.2) is 4.79 Å². The van der Waals surface area contributed by atoms with Gasteiger partial charge in [0.05, 0.1) is 0 Å². The number of amides is 4. The molecule has 0 aromatic heterocycles. The minimum Gasteiger partial charge on any atom is -0.444 e. The smallest absolute Gasteiger partial charge is 0.408 e. The van der Waals surface area contributed by atoms with Gasteiger partial charge in [0.1, 0.15) is 23.2 Å². The lowest BCUT2D eigenvalue weighted by Gasteiger charge is -2.30. The van der Waals surface area contributed by atoms with E-state index in [9.17, 15) is 19.2 Å². The van der Waals surface area contributed by atoms with Crippen LogP contribution in [0.25, 0.3) is 0 Å². The molecule has 212 valence electrons. The maximum absolute atomic E-state index is 13.7. The first kappa shape index (κ1) is 28.6. The molecule has 1 aromatic carbocycles. The van der Waals surface area contributed by atoms with Crippen molar-refractivity contribution in [1.29, 1.82) is 0 Å². The van der Waals surface area contributed by atoms with Crippen LogP contribution in [0.15, 0.2) is 42.5 Å². The van der Waals surface area contributed by atoms with Crippen LogP contribution in [0.2, 0.25) is 0 Å². The molecule has 4 atom stereocenters. The van der Waals surface area contributed by atoms with Crippen molar-refractivity contribution in [3.05, 3.63) is 48.0 Å². The summed E-state index contributed by atoms with van der Waals surface area (Å²) in [6.45, 7) is 6.13. The minimum absolute atomic E-state index is 0.0884. The molecule has 4 amide bonds. The van der Waals surface area contributed by atoms with Gasteiger partial charge in [0.2, 0.25) is 17.7 Å². The number of carbonyl (C=O) groups excluding carboxylic acids is 4. The maximum Gasteiger partial charge on any atom is 0.408 e. The summed E-state index contributed by atoms with van der Waals surface area (Å²) in [4.78, 5) is 54.8. The fraction of sp³-hybridized carbons (Fsp3) is 0.600. The summed E-state index contributed by atoms with van der Waals surface area (Å²) in [6.07, 6.45) is 9.13. The third-order valence-corrected chi connectivity index (χ3v) is 7.62. The van der Waals surface area contributed by atoms with Gasteiger partial charge in [-0.3, -0.25) is 14.4 Å². The average Bonchev–Trinajstić information content (AvgIpc) is 3.34. The van der Waals surface area contributed by atoms with E-state index in [2.05, 4.69) is 22.0 Å². The van der Waals surface area contributed by atoms with Gasteiger partial charge in [-0.1, -0.05) is 55.3 Å². The number of ether oxygens (including phenoxy) is 1. The number of carbonyl (C=O) groups is 4. The van der Waals surface area contributed by atoms with Gasteiger partial charge >= 0.3 is 6.09 Å². The molecular formula is C30H42N4O5. The van der Waals surface area contributed by atoms with E-state index in [-0.39, 0.29) is 23.6 Å². The fourth-order valence-electron chi connectivity index (χ4n) is 5.48. The number of nitrogens with zero attached hydrogens (tertiary/aromatic N) is 1. The molecule has 4 rings (SSSR count). The van der Waals surface area contributed by atoms with Gasteiger partial charge in [0, 0.05) is 19.0 Å². The highest BCUT2D eigenvalue weighted by atomic mass is 16.6. The highest BCUT2D eigenvalue weighted by Crippen LogP contribution is 2.45. The molecule has 39 heavy (non-hydrogen) atoms. The van der Waals surface area contributed by atoms with E-state index in [0.29, 0.717) is 38.8 Å². The summed E-state index contributed by atoms with van der Waals surface area (Å²) in [7, 11) is 0. The highest BCUT2D eigenvalue weighted by Gasteiger charge is 2.60. The highest BCUT2D eigenvalue weighted by molar-refractivity contribution is 5.98. The number of allylic oxidation sites excluding steroid dienone is 1.